The Balaban J connectivity index is 1.48. The van der Waals surface area contributed by atoms with E-state index >= 15 is 0 Å². The molecule has 0 spiro atoms. The number of benzene rings is 1. The van der Waals surface area contributed by atoms with Crippen molar-refractivity contribution in [3.63, 3.8) is 0 Å². The van der Waals surface area contributed by atoms with E-state index in [0.29, 0.717) is 26.1 Å². The number of fused-ring (bicyclic) bond motifs is 2. The van der Waals surface area contributed by atoms with Gasteiger partial charge in [-0.3, -0.25) is 4.79 Å². The van der Waals surface area contributed by atoms with Crippen LogP contribution in [0.15, 0.2) is 30.3 Å². The second-order valence-electron chi connectivity index (χ2n) is 6.13. The van der Waals surface area contributed by atoms with Crippen molar-refractivity contribution in [2.75, 3.05) is 26.7 Å². The molecule has 1 aromatic rings. The maximum Gasteiger partial charge on any atom is 0.317 e. The average Bonchev–Trinajstić information content (AvgIpc) is 2.89. The first-order chi connectivity index (χ1) is 11.2. The molecule has 23 heavy (non-hydrogen) atoms. The molecule has 0 aliphatic carbocycles. The van der Waals surface area contributed by atoms with Gasteiger partial charge in [-0.05, 0) is 18.4 Å². The Bertz CT molecular complexity index is 563. The molecule has 2 saturated heterocycles. The zero-order valence-corrected chi connectivity index (χ0v) is 13.3. The van der Waals surface area contributed by atoms with E-state index in [9.17, 15) is 9.59 Å². The summed E-state index contributed by atoms with van der Waals surface area (Å²) in [6.07, 6.45) is 1.28. The molecule has 3 amide bonds. The fourth-order valence-electron chi connectivity index (χ4n) is 3.36. The summed E-state index contributed by atoms with van der Waals surface area (Å²) in [7, 11) is 1.64. The fraction of sp³-hybridized carbons (Fsp3) is 0.529. The Morgan fingerprint density at radius 2 is 2.04 bits per heavy atom. The van der Waals surface area contributed by atoms with Gasteiger partial charge in [-0.1, -0.05) is 30.3 Å². The molecule has 1 aromatic carbocycles. The summed E-state index contributed by atoms with van der Waals surface area (Å²) in [5.74, 6) is -0.143. The predicted octanol–water partition coefficient (Wildman–Crippen LogP) is 0.774. The van der Waals surface area contributed by atoms with E-state index in [1.165, 1.54) is 5.56 Å². The van der Waals surface area contributed by atoms with Crippen LogP contribution in [0.2, 0.25) is 0 Å². The minimum atomic E-state index is -0.187. The minimum absolute atomic E-state index is 0.00355. The Kier molecular flexibility index (Phi) is 4.81. The number of morpholine rings is 1. The van der Waals surface area contributed by atoms with E-state index in [4.69, 9.17) is 4.74 Å². The lowest BCUT2D eigenvalue weighted by molar-refractivity contribution is -0.127. The molecular weight excluding hydrogens is 294 g/mol. The van der Waals surface area contributed by atoms with E-state index in [0.717, 1.165) is 6.42 Å². The average molecular weight is 317 g/mol. The second kappa shape index (κ2) is 7.00. The van der Waals surface area contributed by atoms with Crippen LogP contribution in [0, 0.1) is 5.92 Å². The van der Waals surface area contributed by atoms with Crippen molar-refractivity contribution in [1.82, 2.24) is 15.5 Å². The maximum atomic E-state index is 12.3. The minimum Gasteiger partial charge on any atom is -0.370 e. The molecule has 6 nitrogen and oxygen atoms in total. The van der Waals surface area contributed by atoms with Crippen molar-refractivity contribution in [2.45, 2.75) is 25.0 Å². The van der Waals surface area contributed by atoms with Gasteiger partial charge in [0.1, 0.15) is 0 Å². The van der Waals surface area contributed by atoms with E-state index in [1.807, 2.05) is 18.2 Å². The van der Waals surface area contributed by atoms with Crippen LogP contribution in [0.1, 0.15) is 12.0 Å². The fourth-order valence-corrected chi connectivity index (χ4v) is 3.36. The summed E-state index contributed by atoms with van der Waals surface area (Å²) in [6.45, 7) is 1.64. The molecule has 2 heterocycles. The lowest BCUT2D eigenvalue weighted by Gasteiger charge is -2.32. The Morgan fingerprint density at radius 1 is 1.26 bits per heavy atom. The standard InChI is InChI=1S/C17H23N3O3/c1-18-16(21)14-9-13-10-20(11-15(14)23-13)17(22)19-8-7-12-5-3-2-4-6-12/h2-6,13-15H,7-11H2,1H3,(H,18,21)(H,19,22)/t13-,14-,15-/m0/s1. The predicted molar refractivity (Wildman–Crippen MR) is 86.0 cm³/mol. The number of nitrogens with zero attached hydrogens (tertiary/aromatic N) is 1. The lowest BCUT2D eigenvalue weighted by Crippen LogP contribution is -2.51. The highest BCUT2D eigenvalue weighted by Crippen LogP contribution is 2.31. The number of nitrogens with one attached hydrogen (secondary N) is 2. The molecule has 3 rings (SSSR count). The van der Waals surface area contributed by atoms with Crippen molar-refractivity contribution >= 4 is 11.9 Å². The molecule has 124 valence electrons. The van der Waals surface area contributed by atoms with Crippen molar-refractivity contribution in [1.29, 1.82) is 0 Å². The monoisotopic (exact) mass is 317 g/mol. The molecule has 0 radical (unpaired) electrons. The third kappa shape index (κ3) is 3.64. The van der Waals surface area contributed by atoms with Gasteiger partial charge in [0.25, 0.3) is 0 Å². The third-order valence-corrected chi connectivity index (χ3v) is 4.56. The van der Waals surface area contributed by atoms with Gasteiger partial charge < -0.3 is 20.3 Å². The number of urea groups is 1. The van der Waals surface area contributed by atoms with E-state index in [-0.39, 0.29) is 30.1 Å². The molecule has 2 fully saturated rings. The number of amides is 3. The van der Waals surface area contributed by atoms with Crippen LogP contribution in [0.25, 0.3) is 0 Å². The van der Waals surface area contributed by atoms with Crippen LogP contribution < -0.4 is 10.6 Å². The van der Waals surface area contributed by atoms with Gasteiger partial charge in [0.05, 0.1) is 18.1 Å². The first-order valence-electron chi connectivity index (χ1n) is 8.11. The van der Waals surface area contributed by atoms with Gasteiger partial charge in [0, 0.05) is 26.7 Å². The second-order valence-corrected chi connectivity index (χ2v) is 6.13. The molecule has 0 saturated carbocycles. The number of hydrogen-bond donors (Lipinski definition) is 2. The van der Waals surface area contributed by atoms with Gasteiger partial charge in [-0.15, -0.1) is 0 Å². The number of ether oxygens (including phenoxy) is 1. The van der Waals surface area contributed by atoms with Crippen LogP contribution >= 0.6 is 0 Å². The van der Waals surface area contributed by atoms with Crippen LogP contribution in [0.3, 0.4) is 0 Å². The molecule has 0 unspecified atom stereocenters. The molecule has 2 aliphatic heterocycles. The number of rotatable bonds is 4. The lowest BCUT2D eigenvalue weighted by atomic mass is 10.00. The Labute approximate surface area is 136 Å². The molecule has 2 aliphatic rings. The highest BCUT2D eigenvalue weighted by Gasteiger charge is 2.45. The van der Waals surface area contributed by atoms with Gasteiger partial charge in [-0.2, -0.15) is 0 Å². The largest absolute Gasteiger partial charge is 0.370 e. The van der Waals surface area contributed by atoms with Gasteiger partial charge in [0.15, 0.2) is 0 Å². The number of hydrogen-bond acceptors (Lipinski definition) is 3. The first-order valence-corrected chi connectivity index (χ1v) is 8.11. The SMILES string of the molecule is CNC(=O)[C@H]1C[C@H]2CN(C(=O)NCCc3ccccc3)C[C@@H]1O2. The van der Waals surface area contributed by atoms with E-state index in [1.54, 1.807) is 11.9 Å². The molecule has 2 N–H and O–H groups in total. The summed E-state index contributed by atoms with van der Waals surface area (Å²) in [5.41, 5.74) is 1.20. The van der Waals surface area contributed by atoms with Gasteiger partial charge in [0.2, 0.25) is 5.91 Å². The summed E-state index contributed by atoms with van der Waals surface area (Å²) in [5, 5.41) is 5.64. The molecule has 2 bridgehead atoms. The summed E-state index contributed by atoms with van der Waals surface area (Å²) < 4.78 is 5.80. The van der Waals surface area contributed by atoms with Crippen LogP contribution in [0.4, 0.5) is 4.79 Å². The first kappa shape index (κ1) is 15.8. The zero-order chi connectivity index (χ0) is 16.2. The van der Waals surface area contributed by atoms with Crippen molar-refractivity contribution in [2.24, 2.45) is 5.92 Å². The van der Waals surface area contributed by atoms with Gasteiger partial charge in [-0.25, -0.2) is 4.79 Å². The third-order valence-electron chi connectivity index (χ3n) is 4.56. The highest BCUT2D eigenvalue weighted by atomic mass is 16.5. The van der Waals surface area contributed by atoms with Crippen LogP contribution in [-0.2, 0) is 16.0 Å². The molecule has 3 atom stereocenters. The highest BCUT2D eigenvalue weighted by molar-refractivity contribution is 5.80. The van der Waals surface area contributed by atoms with Crippen LogP contribution in [0.5, 0.6) is 0 Å². The quantitative estimate of drug-likeness (QED) is 0.862. The topological polar surface area (TPSA) is 70.7 Å². The number of carbonyl (C=O) groups is 2. The van der Waals surface area contributed by atoms with Gasteiger partial charge >= 0.3 is 6.03 Å². The normalized spacial score (nSPS) is 26.0. The van der Waals surface area contributed by atoms with Crippen molar-refractivity contribution < 1.29 is 14.3 Å². The number of carbonyl (C=O) groups excluding carboxylic acids is 2. The summed E-state index contributed by atoms with van der Waals surface area (Å²) in [6, 6.07) is 10.0. The van der Waals surface area contributed by atoms with Crippen LogP contribution in [-0.4, -0.2) is 55.7 Å². The summed E-state index contributed by atoms with van der Waals surface area (Å²) in [4.78, 5) is 25.9. The Morgan fingerprint density at radius 3 is 2.78 bits per heavy atom. The van der Waals surface area contributed by atoms with E-state index < -0.39 is 0 Å². The van der Waals surface area contributed by atoms with E-state index in [2.05, 4.69) is 22.8 Å². The van der Waals surface area contributed by atoms with Crippen molar-refractivity contribution in [3.8, 4) is 0 Å². The Hall–Kier alpha value is -2.08. The number of likely N-dealkylation sites (tertiary alicyclic amines) is 1. The summed E-state index contributed by atoms with van der Waals surface area (Å²) >= 11 is 0. The zero-order valence-electron chi connectivity index (χ0n) is 13.3. The smallest absolute Gasteiger partial charge is 0.317 e. The maximum absolute atomic E-state index is 12.3. The molecule has 6 heteroatoms. The molecule has 0 aromatic heterocycles. The molecular formula is C17H23N3O3. The van der Waals surface area contributed by atoms with Crippen molar-refractivity contribution in [3.05, 3.63) is 35.9 Å².